The number of anilines is 1. The Morgan fingerprint density at radius 2 is 2.26 bits per heavy atom. The van der Waals surface area contributed by atoms with Gasteiger partial charge in [0.25, 0.3) is 0 Å². The zero-order valence-corrected chi connectivity index (χ0v) is 11.8. The standard InChI is InChI=1S/C14H16N2O2S/c1-10-3-4-12(11(2)9-10)18-7-5-13(17)16-14-15-6-8-19-14/h3-4,6,8-9H,5,7H2,1-2H3,(H,15,16,17). The van der Waals surface area contributed by atoms with Crippen LogP contribution >= 0.6 is 11.3 Å². The third kappa shape index (κ3) is 4.06. The van der Waals surface area contributed by atoms with Crippen molar-refractivity contribution in [3.8, 4) is 5.75 Å². The number of ether oxygens (including phenoxy) is 1. The van der Waals surface area contributed by atoms with Crippen LogP contribution in [-0.2, 0) is 4.79 Å². The molecule has 0 radical (unpaired) electrons. The van der Waals surface area contributed by atoms with Crippen molar-refractivity contribution >= 4 is 22.4 Å². The number of carbonyl (C=O) groups excluding carboxylic acids is 1. The Labute approximate surface area is 116 Å². The number of nitrogens with one attached hydrogen (secondary N) is 1. The van der Waals surface area contributed by atoms with E-state index in [0.29, 0.717) is 18.2 Å². The largest absolute Gasteiger partial charge is 0.493 e. The summed E-state index contributed by atoms with van der Waals surface area (Å²) >= 11 is 1.40. The van der Waals surface area contributed by atoms with Crippen LogP contribution in [0.5, 0.6) is 5.75 Å². The van der Waals surface area contributed by atoms with E-state index in [1.807, 2.05) is 31.4 Å². The average Bonchev–Trinajstić information content (AvgIpc) is 2.84. The van der Waals surface area contributed by atoms with Gasteiger partial charge in [0.05, 0.1) is 13.0 Å². The van der Waals surface area contributed by atoms with Crippen molar-refractivity contribution in [2.75, 3.05) is 11.9 Å². The fourth-order valence-corrected chi connectivity index (χ4v) is 2.23. The summed E-state index contributed by atoms with van der Waals surface area (Å²) in [6.45, 7) is 4.40. The van der Waals surface area contributed by atoms with Crippen LogP contribution in [0.1, 0.15) is 17.5 Å². The molecule has 19 heavy (non-hydrogen) atoms. The number of amides is 1. The van der Waals surface area contributed by atoms with E-state index in [1.54, 1.807) is 6.20 Å². The van der Waals surface area contributed by atoms with Crippen LogP contribution in [0.25, 0.3) is 0 Å². The van der Waals surface area contributed by atoms with Gasteiger partial charge in [-0.25, -0.2) is 4.98 Å². The Bertz CT molecular complexity index is 553. The van der Waals surface area contributed by atoms with E-state index < -0.39 is 0 Å². The fourth-order valence-electron chi connectivity index (χ4n) is 1.68. The number of aryl methyl sites for hydroxylation is 2. The molecule has 1 amide bonds. The SMILES string of the molecule is Cc1ccc(OCCC(=O)Nc2nccs2)c(C)c1. The zero-order chi connectivity index (χ0) is 13.7. The second-order valence-electron chi connectivity index (χ2n) is 4.25. The Morgan fingerprint density at radius 1 is 1.42 bits per heavy atom. The predicted molar refractivity (Wildman–Crippen MR) is 76.8 cm³/mol. The van der Waals surface area contributed by atoms with Crippen LogP contribution < -0.4 is 10.1 Å². The summed E-state index contributed by atoms with van der Waals surface area (Å²) in [6, 6.07) is 5.99. The van der Waals surface area contributed by atoms with E-state index in [-0.39, 0.29) is 5.91 Å². The molecule has 100 valence electrons. The van der Waals surface area contributed by atoms with Gasteiger partial charge in [0.15, 0.2) is 5.13 Å². The third-order valence-corrected chi connectivity index (χ3v) is 3.28. The van der Waals surface area contributed by atoms with Crippen molar-refractivity contribution in [2.24, 2.45) is 0 Å². The molecule has 0 spiro atoms. The van der Waals surface area contributed by atoms with Gasteiger partial charge >= 0.3 is 0 Å². The lowest BCUT2D eigenvalue weighted by Crippen LogP contribution is -2.15. The highest BCUT2D eigenvalue weighted by Crippen LogP contribution is 2.18. The predicted octanol–water partition coefficient (Wildman–Crippen LogP) is 3.17. The lowest BCUT2D eigenvalue weighted by Gasteiger charge is -2.09. The molecule has 0 saturated heterocycles. The summed E-state index contributed by atoms with van der Waals surface area (Å²) in [5.74, 6) is 0.743. The second-order valence-corrected chi connectivity index (χ2v) is 5.15. The van der Waals surface area contributed by atoms with Crippen molar-refractivity contribution < 1.29 is 9.53 Å². The quantitative estimate of drug-likeness (QED) is 0.912. The zero-order valence-electron chi connectivity index (χ0n) is 11.0. The van der Waals surface area contributed by atoms with Crippen molar-refractivity contribution in [1.29, 1.82) is 0 Å². The average molecular weight is 276 g/mol. The summed E-state index contributed by atoms with van der Waals surface area (Å²) in [7, 11) is 0. The Hall–Kier alpha value is -1.88. The van der Waals surface area contributed by atoms with Gasteiger partial charge in [-0.3, -0.25) is 4.79 Å². The molecule has 4 nitrogen and oxygen atoms in total. The highest BCUT2D eigenvalue weighted by molar-refractivity contribution is 7.13. The number of carbonyl (C=O) groups is 1. The molecule has 0 aliphatic heterocycles. The third-order valence-electron chi connectivity index (χ3n) is 2.60. The molecule has 1 aromatic heterocycles. The first kappa shape index (κ1) is 13.5. The Kier molecular flexibility index (Phi) is 4.52. The summed E-state index contributed by atoms with van der Waals surface area (Å²) in [5.41, 5.74) is 2.28. The van der Waals surface area contributed by atoms with E-state index >= 15 is 0 Å². The van der Waals surface area contributed by atoms with E-state index in [2.05, 4.69) is 16.4 Å². The maximum absolute atomic E-state index is 11.6. The molecule has 0 aliphatic carbocycles. The monoisotopic (exact) mass is 276 g/mol. The second kappa shape index (κ2) is 6.33. The van der Waals surface area contributed by atoms with Crippen molar-refractivity contribution in [1.82, 2.24) is 4.98 Å². The maximum atomic E-state index is 11.6. The van der Waals surface area contributed by atoms with E-state index in [9.17, 15) is 4.79 Å². The summed E-state index contributed by atoms with van der Waals surface area (Å²) < 4.78 is 5.60. The molecule has 0 saturated carbocycles. The van der Waals surface area contributed by atoms with Crippen LogP contribution in [0, 0.1) is 13.8 Å². The minimum Gasteiger partial charge on any atom is -0.493 e. The molecular formula is C14H16N2O2S. The van der Waals surface area contributed by atoms with E-state index in [1.165, 1.54) is 16.9 Å². The molecule has 0 unspecified atom stereocenters. The van der Waals surface area contributed by atoms with Crippen molar-refractivity contribution in [2.45, 2.75) is 20.3 Å². The summed E-state index contributed by atoms with van der Waals surface area (Å²) in [5, 5.41) is 5.16. The Balaban J connectivity index is 1.78. The molecule has 0 aliphatic rings. The number of hydrogen-bond donors (Lipinski definition) is 1. The van der Waals surface area contributed by atoms with Gasteiger partial charge in [0.2, 0.25) is 5.91 Å². The first-order valence-corrected chi connectivity index (χ1v) is 6.92. The van der Waals surface area contributed by atoms with Gasteiger partial charge in [-0.2, -0.15) is 0 Å². The van der Waals surface area contributed by atoms with E-state index in [0.717, 1.165) is 11.3 Å². The molecule has 2 rings (SSSR count). The van der Waals surface area contributed by atoms with Crippen LogP contribution in [0.15, 0.2) is 29.8 Å². The fraction of sp³-hybridized carbons (Fsp3) is 0.286. The highest BCUT2D eigenvalue weighted by atomic mass is 32.1. The minimum atomic E-state index is -0.0836. The lowest BCUT2D eigenvalue weighted by molar-refractivity contribution is -0.116. The summed E-state index contributed by atoms with van der Waals surface area (Å²) in [6.07, 6.45) is 1.97. The Morgan fingerprint density at radius 3 is 2.95 bits per heavy atom. The smallest absolute Gasteiger partial charge is 0.229 e. The molecule has 0 atom stereocenters. The number of benzene rings is 1. The molecular weight excluding hydrogens is 260 g/mol. The molecule has 1 aromatic carbocycles. The first-order valence-electron chi connectivity index (χ1n) is 6.04. The molecule has 1 N–H and O–H groups in total. The topological polar surface area (TPSA) is 51.2 Å². The van der Waals surface area contributed by atoms with Gasteiger partial charge < -0.3 is 10.1 Å². The molecule has 2 aromatic rings. The molecule has 0 fully saturated rings. The van der Waals surface area contributed by atoms with Gasteiger partial charge in [0, 0.05) is 11.6 Å². The van der Waals surface area contributed by atoms with Crippen LogP contribution in [0.3, 0.4) is 0 Å². The maximum Gasteiger partial charge on any atom is 0.229 e. The number of nitrogens with zero attached hydrogens (tertiary/aromatic N) is 1. The highest BCUT2D eigenvalue weighted by Gasteiger charge is 2.05. The van der Waals surface area contributed by atoms with Crippen molar-refractivity contribution in [3.63, 3.8) is 0 Å². The van der Waals surface area contributed by atoms with Gasteiger partial charge in [-0.1, -0.05) is 17.7 Å². The number of aromatic nitrogens is 1. The first-order chi connectivity index (χ1) is 9.15. The lowest BCUT2D eigenvalue weighted by atomic mass is 10.1. The number of rotatable bonds is 5. The van der Waals surface area contributed by atoms with Crippen LogP contribution in [0.4, 0.5) is 5.13 Å². The van der Waals surface area contributed by atoms with Crippen LogP contribution in [-0.4, -0.2) is 17.5 Å². The number of thiazole rings is 1. The van der Waals surface area contributed by atoms with E-state index in [4.69, 9.17) is 4.74 Å². The van der Waals surface area contributed by atoms with Gasteiger partial charge in [-0.05, 0) is 25.5 Å². The molecule has 5 heteroatoms. The molecule has 0 bridgehead atoms. The summed E-state index contributed by atoms with van der Waals surface area (Å²) in [4.78, 5) is 15.6. The normalized spacial score (nSPS) is 10.2. The van der Waals surface area contributed by atoms with Gasteiger partial charge in [0.1, 0.15) is 5.75 Å². The van der Waals surface area contributed by atoms with Crippen LogP contribution in [0.2, 0.25) is 0 Å². The van der Waals surface area contributed by atoms with Gasteiger partial charge in [-0.15, -0.1) is 11.3 Å². The molecule has 1 heterocycles. The van der Waals surface area contributed by atoms with Crippen molar-refractivity contribution in [3.05, 3.63) is 40.9 Å². The minimum absolute atomic E-state index is 0.0836. The number of hydrogen-bond acceptors (Lipinski definition) is 4.